The van der Waals surface area contributed by atoms with Crippen LogP contribution in [0.25, 0.3) is 0 Å². The Morgan fingerprint density at radius 2 is 1.90 bits per heavy atom. The van der Waals surface area contributed by atoms with Gasteiger partial charge in [-0.25, -0.2) is 4.39 Å². The molecule has 0 bridgehead atoms. The summed E-state index contributed by atoms with van der Waals surface area (Å²) >= 11 is 0. The lowest BCUT2D eigenvalue weighted by Crippen LogP contribution is -2.43. The molecule has 9 nitrogen and oxygen atoms in total. The monoisotopic (exact) mass is 555 g/mol. The number of anilines is 2. The summed E-state index contributed by atoms with van der Waals surface area (Å²) in [6.45, 7) is 7.15. The molecule has 0 radical (unpaired) electrons. The average molecular weight is 556 g/mol. The van der Waals surface area contributed by atoms with Crippen molar-refractivity contribution in [2.75, 3.05) is 43.9 Å². The molecule has 1 fully saturated rings. The molecule has 1 amide bonds. The highest BCUT2D eigenvalue weighted by Gasteiger charge is 2.25. The van der Waals surface area contributed by atoms with Crippen molar-refractivity contribution in [1.29, 1.82) is 0 Å². The Hall–Kier alpha value is -4.28. The number of hydrogen-bond acceptors (Lipinski definition) is 6. The zero-order chi connectivity index (χ0) is 28.5. The lowest BCUT2D eigenvalue weighted by atomic mass is 10.0. The van der Waals surface area contributed by atoms with Crippen molar-refractivity contribution >= 4 is 17.3 Å². The highest BCUT2D eigenvalue weighted by atomic mass is 19.1. The molecule has 4 aromatic rings. The molecular weight excluding hydrogens is 521 g/mol. The number of pyridine rings is 1. The number of carbonyl (C=O) groups is 1. The van der Waals surface area contributed by atoms with Crippen molar-refractivity contribution in [2.24, 2.45) is 0 Å². The fourth-order valence-electron chi connectivity index (χ4n) is 5.56. The first kappa shape index (κ1) is 26.9. The van der Waals surface area contributed by atoms with Gasteiger partial charge < -0.3 is 20.5 Å². The molecule has 2 unspecified atom stereocenters. The maximum absolute atomic E-state index is 13.3. The first-order chi connectivity index (χ1) is 19.8. The van der Waals surface area contributed by atoms with Gasteiger partial charge in [-0.2, -0.15) is 5.10 Å². The van der Waals surface area contributed by atoms with Gasteiger partial charge in [0.05, 0.1) is 29.5 Å². The van der Waals surface area contributed by atoms with Crippen molar-refractivity contribution in [3.8, 4) is 0 Å². The largest absolute Gasteiger partial charge is 0.377 e. The molecule has 3 N–H and O–H groups in total. The summed E-state index contributed by atoms with van der Waals surface area (Å²) in [5, 5.41) is 10.7. The van der Waals surface area contributed by atoms with Crippen molar-refractivity contribution in [1.82, 2.24) is 24.6 Å². The molecule has 10 heteroatoms. The van der Waals surface area contributed by atoms with E-state index in [0.29, 0.717) is 23.2 Å². The second-order valence-corrected chi connectivity index (χ2v) is 11.0. The van der Waals surface area contributed by atoms with Crippen LogP contribution >= 0.6 is 0 Å². The van der Waals surface area contributed by atoms with Gasteiger partial charge in [-0.3, -0.25) is 19.2 Å². The quantitative estimate of drug-likeness (QED) is 0.319. The first-order valence-electron chi connectivity index (χ1n) is 14.0. The molecule has 41 heavy (non-hydrogen) atoms. The minimum Gasteiger partial charge on any atom is -0.377 e. The van der Waals surface area contributed by atoms with Crippen LogP contribution in [0.1, 0.15) is 51.6 Å². The Labute approximate surface area is 238 Å². The van der Waals surface area contributed by atoms with Gasteiger partial charge in [-0.15, -0.1) is 0 Å². The molecule has 2 atom stereocenters. The fourth-order valence-corrected chi connectivity index (χ4v) is 5.56. The van der Waals surface area contributed by atoms with Gasteiger partial charge in [0.25, 0.3) is 11.5 Å². The minimum atomic E-state index is -0.336. The van der Waals surface area contributed by atoms with E-state index in [-0.39, 0.29) is 29.4 Å². The first-order valence-corrected chi connectivity index (χ1v) is 14.0. The summed E-state index contributed by atoms with van der Waals surface area (Å²) in [6, 6.07) is 14.1. The number of H-pyrrole nitrogens is 1. The van der Waals surface area contributed by atoms with Crippen LogP contribution in [0.15, 0.2) is 71.9 Å². The Morgan fingerprint density at radius 3 is 2.68 bits per heavy atom. The lowest BCUT2D eigenvalue weighted by molar-refractivity contribution is 0.102. The highest BCUT2D eigenvalue weighted by Crippen LogP contribution is 2.34. The number of benzene rings is 2. The number of nitrogens with one attached hydrogen (secondary N) is 3. The molecule has 0 saturated carbocycles. The molecule has 0 aliphatic carbocycles. The van der Waals surface area contributed by atoms with Crippen molar-refractivity contribution in [3.63, 3.8) is 0 Å². The maximum Gasteiger partial charge on any atom is 0.258 e. The Kier molecular flexibility index (Phi) is 7.42. The van der Waals surface area contributed by atoms with Gasteiger partial charge in [0.2, 0.25) is 0 Å². The normalized spacial score (nSPS) is 18.1. The van der Waals surface area contributed by atoms with E-state index in [1.807, 2.05) is 6.92 Å². The number of amides is 1. The lowest BCUT2D eigenvalue weighted by Gasteiger charge is -2.32. The third kappa shape index (κ3) is 5.94. The van der Waals surface area contributed by atoms with Gasteiger partial charge in [-0.1, -0.05) is 24.3 Å². The number of piperazine rings is 1. The zero-order valence-electron chi connectivity index (χ0n) is 23.2. The van der Waals surface area contributed by atoms with Crippen molar-refractivity contribution in [2.45, 2.75) is 32.0 Å². The molecular formula is C31H34FN7O2. The van der Waals surface area contributed by atoms with E-state index in [0.717, 1.165) is 44.0 Å². The molecule has 1 saturated heterocycles. The number of aromatic amines is 1. The van der Waals surface area contributed by atoms with Crippen LogP contribution in [-0.2, 0) is 13.0 Å². The number of hydrogen-bond donors (Lipinski definition) is 3. The van der Waals surface area contributed by atoms with Crippen molar-refractivity contribution in [3.05, 3.63) is 111 Å². The number of rotatable bonds is 7. The van der Waals surface area contributed by atoms with Crippen LogP contribution in [-0.4, -0.2) is 63.7 Å². The molecule has 4 heterocycles. The van der Waals surface area contributed by atoms with Gasteiger partial charge in [0.15, 0.2) is 0 Å². The second kappa shape index (κ2) is 11.3. The van der Waals surface area contributed by atoms with Gasteiger partial charge in [0, 0.05) is 56.4 Å². The molecule has 6 rings (SSSR count). The fraction of sp³-hybridized carbons (Fsp3) is 0.323. The van der Waals surface area contributed by atoms with E-state index >= 15 is 0 Å². The van der Waals surface area contributed by atoms with Crippen LogP contribution in [0, 0.1) is 5.82 Å². The van der Waals surface area contributed by atoms with E-state index in [2.05, 4.69) is 55.8 Å². The topological polar surface area (TPSA) is 98.3 Å². The second-order valence-electron chi connectivity index (χ2n) is 11.0. The van der Waals surface area contributed by atoms with Crippen LogP contribution in [0.3, 0.4) is 0 Å². The Balaban J connectivity index is 1.12. The molecule has 212 valence electrons. The summed E-state index contributed by atoms with van der Waals surface area (Å²) in [7, 11) is 2.16. The van der Waals surface area contributed by atoms with Crippen LogP contribution < -0.4 is 16.2 Å². The van der Waals surface area contributed by atoms with Crippen LogP contribution in [0.2, 0.25) is 0 Å². The number of likely N-dealkylation sites (N-methyl/N-ethyl adjacent to an activating group) is 1. The van der Waals surface area contributed by atoms with Crippen LogP contribution in [0.5, 0.6) is 0 Å². The predicted molar refractivity (Wildman–Crippen MR) is 157 cm³/mol. The smallest absolute Gasteiger partial charge is 0.258 e. The van der Waals surface area contributed by atoms with E-state index in [1.54, 1.807) is 29.1 Å². The predicted octanol–water partition coefficient (Wildman–Crippen LogP) is 4.03. The molecule has 2 aromatic heterocycles. The SMILES string of the molecule is CC(c1ccc(F)cc1)n1cc(C(=O)Nc2c[nH]c(=O)c(C3Cc4cc(CN5CCN(C)CC5)ccc4N3)c2)cn1. The summed E-state index contributed by atoms with van der Waals surface area (Å²) in [5.41, 5.74) is 5.64. The minimum absolute atomic E-state index is 0.172. The molecule has 2 aliphatic heterocycles. The van der Waals surface area contributed by atoms with Crippen molar-refractivity contribution < 1.29 is 9.18 Å². The van der Waals surface area contributed by atoms with Crippen LogP contribution in [0.4, 0.5) is 15.8 Å². The number of fused-ring (bicyclic) bond motifs is 1. The molecule has 2 aliphatic rings. The van der Waals surface area contributed by atoms with Gasteiger partial charge in [0.1, 0.15) is 5.82 Å². The number of aromatic nitrogens is 3. The number of carbonyl (C=O) groups excluding carboxylic acids is 1. The number of halogens is 1. The van der Waals surface area contributed by atoms with Gasteiger partial charge in [-0.05, 0) is 61.3 Å². The maximum atomic E-state index is 13.3. The van der Waals surface area contributed by atoms with E-state index in [1.165, 1.54) is 35.7 Å². The third-order valence-corrected chi connectivity index (χ3v) is 8.10. The summed E-state index contributed by atoms with van der Waals surface area (Å²) in [4.78, 5) is 33.4. The average Bonchev–Trinajstić information content (AvgIpc) is 3.63. The zero-order valence-corrected chi connectivity index (χ0v) is 23.2. The summed E-state index contributed by atoms with van der Waals surface area (Å²) in [6.07, 6.45) is 5.35. The Morgan fingerprint density at radius 1 is 1.12 bits per heavy atom. The van der Waals surface area contributed by atoms with E-state index < -0.39 is 0 Å². The van der Waals surface area contributed by atoms with E-state index in [4.69, 9.17) is 0 Å². The molecule has 0 spiro atoms. The van der Waals surface area contributed by atoms with E-state index in [9.17, 15) is 14.0 Å². The summed E-state index contributed by atoms with van der Waals surface area (Å²) < 4.78 is 15.0. The van der Waals surface area contributed by atoms with Gasteiger partial charge >= 0.3 is 0 Å². The highest BCUT2D eigenvalue weighted by molar-refractivity contribution is 6.03. The standard InChI is InChI=1S/C31H34FN7O2/c1-20(22-4-6-25(32)7-5-22)39-19-24(16-34-39)30(40)35-26-15-27(31(41)33-17-26)29-14-23-13-21(3-8-28(23)36-29)18-38-11-9-37(2)10-12-38/h3-8,13,15-17,19-20,29,36H,9-12,14,18H2,1-2H3,(H,33,41)(H,35,40). The summed E-state index contributed by atoms with van der Waals surface area (Å²) in [5.74, 6) is -0.638. The molecule has 2 aromatic carbocycles. The third-order valence-electron chi connectivity index (χ3n) is 8.10. The number of nitrogens with zero attached hydrogens (tertiary/aromatic N) is 4. The Bertz CT molecular complexity index is 1610.